The van der Waals surface area contributed by atoms with Crippen LogP contribution < -0.4 is 5.32 Å². The molecule has 0 bridgehead atoms. The zero-order valence-electron chi connectivity index (χ0n) is 14.2. The molecule has 5 unspecified atom stereocenters. The van der Waals surface area contributed by atoms with Crippen LogP contribution in [0.3, 0.4) is 0 Å². The maximum atomic E-state index is 3.86. The summed E-state index contributed by atoms with van der Waals surface area (Å²) in [5, 5.41) is 3.86. The first-order valence-electron chi connectivity index (χ1n) is 9.05. The minimum absolute atomic E-state index is 0.755. The molecule has 0 radical (unpaired) electrons. The fourth-order valence-corrected chi connectivity index (χ4v) is 4.53. The molecule has 2 rings (SSSR count). The molecule has 1 heterocycles. The van der Waals surface area contributed by atoms with Gasteiger partial charge in [0.2, 0.25) is 0 Å². The van der Waals surface area contributed by atoms with Crippen LogP contribution in [0.25, 0.3) is 0 Å². The summed E-state index contributed by atoms with van der Waals surface area (Å²) in [5.74, 6) is 3.55. The van der Waals surface area contributed by atoms with Crippen LogP contribution in [0.1, 0.15) is 59.8 Å². The molecule has 1 saturated carbocycles. The van der Waals surface area contributed by atoms with Gasteiger partial charge in [-0.2, -0.15) is 0 Å². The fraction of sp³-hybridized carbons (Fsp3) is 1.00. The van der Waals surface area contributed by atoms with E-state index >= 15 is 0 Å². The molecule has 5 atom stereocenters. The van der Waals surface area contributed by atoms with E-state index in [0.717, 1.165) is 29.7 Å². The number of likely N-dealkylation sites (tertiary alicyclic amines) is 1. The minimum Gasteiger partial charge on any atom is -0.314 e. The van der Waals surface area contributed by atoms with Gasteiger partial charge in [-0.05, 0) is 68.9 Å². The summed E-state index contributed by atoms with van der Waals surface area (Å²) in [6.07, 6.45) is 6.92. The Morgan fingerprint density at radius 2 is 1.90 bits per heavy atom. The lowest BCUT2D eigenvalue weighted by Gasteiger charge is -2.44. The van der Waals surface area contributed by atoms with Crippen molar-refractivity contribution in [3.8, 4) is 0 Å². The van der Waals surface area contributed by atoms with E-state index in [-0.39, 0.29) is 0 Å². The molecule has 1 saturated heterocycles. The van der Waals surface area contributed by atoms with Crippen molar-refractivity contribution in [3.05, 3.63) is 0 Å². The summed E-state index contributed by atoms with van der Waals surface area (Å²) in [6, 6.07) is 0.755. The van der Waals surface area contributed by atoms with Gasteiger partial charge in [0.15, 0.2) is 0 Å². The third kappa shape index (κ3) is 4.46. The molecule has 2 heteroatoms. The second-order valence-corrected chi connectivity index (χ2v) is 7.79. The molecule has 1 N–H and O–H groups in total. The van der Waals surface area contributed by atoms with E-state index in [1.54, 1.807) is 0 Å². The second kappa shape index (κ2) is 7.79. The average Bonchev–Trinajstić information content (AvgIpc) is 2.40. The summed E-state index contributed by atoms with van der Waals surface area (Å²) in [6.45, 7) is 14.8. The first-order valence-corrected chi connectivity index (χ1v) is 9.05. The highest BCUT2D eigenvalue weighted by atomic mass is 15.1. The molecule has 0 aromatic carbocycles. The molecular formula is C18H36N2. The summed E-state index contributed by atoms with van der Waals surface area (Å²) >= 11 is 0. The molecule has 1 aliphatic carbocycles. The number of nitrogens with one attached hydrogen (secondary N) is 1. The highest BCUT2D eigenvalue weighted by Crippen LogP contribution is 2.35. The summed E-state index contributed by atoms with van der Waals surface area (Å²) in [4.78, 5) is 2.76. The van der Waals surface area contributed by atoms with Crippen molar-refractivity contribution in [1.29, 1.82) is 0 Å². The van der Waals surface area contributed by atoms with Gasteiger partial charge in [-0.25, -0.2) is 0 Å². The van der Waals surface area contributed by atoms with Crippen molar-refractivity contribution in [2.24, 2.45) is 23.7 Å². The van der Waals surface area contributed by atoms with Crippen LogP contribution in [0, 0.1) is 23.7 Å². The Morgan fingerprint density at radius 3 is 2.60 bits per heavy atom. The monoisotopic (exact) mass is 280 g/mol. The Balaban J connectivity index is 1.93. The third-order valence-corrected chi connectivity index (χ3v) is 5.54. The zero-order chi connectivity index (χ0) is 14.5. The van der Waals surface area contributed by atoms with Crippen LogP contribution in [0.4, 0.5) is 0 Å². The lowest BCUT2D eigenvalue weighted by Crippen LogP contribution is -2.50. The smallest absolute Gasteiger partial charge is 0.0113 e. The van der Waals surface area contributed by atoms with Gasteiger partial charge in [-0.3, -0.25) is 0 Å². The Hall–Kier alpha value is -0.0800. The summed E-state index contributed by atoms with van der Waals surface area (Å²) in [7, 11) is 0. The fourth-order valence-electron chi connectivity index (χ4n) is 4.53. The topological polar surface area (TPSA) is 15.3 Å². The number of hydrogen-bond donors (Lipinski definition) is 1. The molecule has 0 amide bonds. The molecule has 2 fully saturated rings. The van der Waals surface area contributed by atoms with Gasteiger partial charge in [-0.15, -0.1) is 0 Å². The van der Waals surface area contributed by atoms with Gasteiger partial charge < -0.3 is 10.2 Å². The first kappa shape index (κ1) is 16.3. The van der Waals surface area contributed by atoms with E-state index in [1.807, 2.05) is 0 Å². The predicted octanol–water partition coefficient (Wildman–Crippen LogP) is 3.77. The van der Waals surface area contributed by atoms with Crippen molar-refractivity contribution in [2.45, 2.75) is 65.8 Å². The maximum absolute atomic E-state index is 3.86. The highest BCUT2D eigenvalue weighted by Gasteiger charge is 2.35. The predicted molar refractivity (Wildman–Crippen MR) is 88.0 cm³/mol. The SMILES string of the molecule is CCCNC1CC(C)CC(C)C1CN1CCCC(C)C1. The quantitative estimate of drug-likeness (QED) is 0.824. The van der Waals surface area contributed by atoms with Gasteiger partial charge in [0.25, 0.3) is 0 Å². The first-order chi connectivity index (χ1) is 9.60. The second-order valence-electron chi connectivity index (χ2n) is 7.79. The van der Waals surface area contributed by atoms with E-state index in [1.165, 1.54) is 58.3 Å². The van der Waals surface area contributed by atoms with Crippen LogP contribution in [0.15, 0.2) is 0 Å². The van der Waals surface area contributed by atoms with Gasteiger partial charge in [0.05, 0.1) is 0 Å². The van der Waals surface area contributed by atoms with Crippen molar-refractivity contribution in [2.75, 3.05) is 26.2 Å². The maximum Gasteiger partial charge on any atom is 0.0113 e. The van der Waals surface area contributed by atoms with Crippen LogP contribution in [-0.4, -0.2) is 37.1 Å². The summed E-state index contributed by atoms with van der Waals surface area (Å²) < 4.78 is 0. The molecule has 1 aliphatic heterocycles. The van der Waals surface area contributed by atoms with Crippen molar-refractivity contribution in [3.63, 3.8) is 0 Å². The molecule has 2 aliphatic rings. The van der Waals surface area contributed by atoms with E-state index < -0.39 is 0 Å². The van der Waals surface area contributed by atoms with Crippen molar-refractivity contribution < 1.29 is 0 Å². The Morgan fingerprint density at radius 1 is 1.10 bits per heavy atom. The normalized spacial score (nSPS) is 39.9. The average molecular weight is 280 g/mol. The number of hydrogen-bond acceptors (Lipinski definition) is 2. The largest absolute Gasteiger partial charge is 0.314 e. The number of rotatable bonds is 5. The minimum atomic E-state index is 0.755. The Kier molecular flexibility index (Phi) is 6.35. The molecule has 0 aromatic heterocycles. The van der Waals surface area contributed by atoms with Crippen molar-refractivity contribution >= 4 is 0 Å². The molecule has 0 aromatic rings. The van der Waals surface area contributed by atoms with Crippen LogP contribution >= 0.6 is 0 Å². The van der Waals surface area contributed by atoms with Crippen LogP contribution in [-0.2, 0) is 0 Å². The third-order valence-electron chi connectivity index (χ3n) is 5.54. The highest BCUT2D eigenvalue weighted by molar-refractivity contribution is 4.90. The van der Waals surface area contributed by atoms with E-state index in [2.05, 4.69) is 37.9 Å². The summed E-state index contributed by atoms with van der Waals surface area (Å²) in [5.41, 5.74) is 0. The van der Waals surface area contributed by atoms with Gasteiger partial charge >= 0.3 is 0 Å². The lowest BCUT2D eigenvalue weighted by atomic mass is 9.72. The molecule has 2 nitrogen and oxygen atoms in total. The Labute approximate surface area is 126 Å². The zero-order valence-corrected chi connectivity index (χ0v) is 14.2. The van der Waals surface area contributed by atoms with Crippen LogP contribution in [0.5, 0.6) is 0 Å². The molecule has 0 spiro atoms. The molecular weight excluding hydrogens is 244 g/mol. The van der Waals surface area contributed by atoms with Crippen molar-refractivity contribution in [1.82, 2.24) is 10.2 Å². The number of piperidine rings is 1. The lowest BCUT2D eigenvalue weighted by molar-refractivity contribution is 0.0805. The standard InChI is InChI=1S/C18H36N2/c1-5-8-19-18-11-15(3)10-16(4)17(18)13-20-9-6-7-14(2)12-20/h14-19H,5-13H2,1-4H3. The van der Waals surface area contributed by atoms with Crippen LogP contribution in [0.2, 0.25) is 0 Å². The van der Waals surface area contributed by atoms with Gasteiger partial charge in [-0.1, -0.05) is 27.7 Å². The van der Waals surface area contributed by atoms with Gasteiger partial charge in [0.1, 0.15) is 0 Å². The molecule has 20 heavy (non-hydrogen) atoms. The van der Waals surface area contributed by atoms with Gasteiger partial charge in [0, 0.05) is 19.1 Å². The molecule has 118 valence electrons. The Bertz CT molecular complexity index is 279. The van der Waals surface area contributed by atoms with E-state index in [4.69, 9.17) is 0 Å². The number of nitrogens with zero attached hydrogens (tertiary/aromatic N) is 1. The van der Waals surface area contributed by atoms with E-state index in [0.29, 0.717) is 0 Å². The van der Waals surface area contributed by atoms with E-state index in [9.17, 15) is 0 Å².